The van der Waals surface area contributed by atoms with Crippen LogP contribution in [-0.4, -0.2) is 52.2 Å². The van der Waals surface area contributed by atoms with Gasteiger partial charge in [-0.3, -0.25) is 0 Å². The zero-order chi connectivity index (χ0) is 16.9. The fraction of sp³-hybridized carbons (Fsp3) is 0.556. The van der Waals surface area contributed by atoms with Crippen LogP contribution in [0.5, 0.6) is 0 Å². The fourth-order valence-electron chi connectivity index (χ4n) is 3.61. The van der Waals surface area contributed by atoms with Crippen molar-refractivity contribution in [2.75, 3.05) is 41.3 Å². The molecule has 7 heteroatoms. The zero-order valence-corrected chi connectivity index (χ0v) is 14.5. The summed E-state index contributed by atoms with van der Waals surface area (Å²) < 4.78 is 0. The third-order valence-electron chi connectivity index (χ3n) is 5.02. The lowest BCUT2D eigenvalue weighted by molar-refractivity contribution is 0.461. The van der Waals surface area contributed by atoms with Gasteiger partial charge in [0, 0.05) is 50.8 Å². The van der Waals surface area contributed by atoms with Gasteiger partial charge in [-0.05, 0) is 25.0 Å². The Morgan fingerprint density at radius 3 is 2.32 bits per heavy atom. The summed E-state index contributed by atoms with van der Waals surface area (Å²) in [5.74, 6) is 2.57. The highest BCUT2D eigenvalue weighted by atomic mass is 15.3. The summed E-state index contributed by atoms with van der Waals surface area (Å²) in [5, 5.41) is 3.52. The van der Waals surface area contributed by atoms with Gasteiger partial charge in [-0.1, -0.05) is 19.3 Å². The van der Waals surface area contributed by atoms with Gasteiger partial charge in [-0.25, -0.2) is 15.0 Å². The number of rotatable bonds is 4. The van der Waals surface area contributed by atoms with E-state index >= 15 is 0 Å². The minimum atomic E-state index is 0.524. The van der Waals surface area contributed by atoms with Gasteiger partial charge in [-0.15, -0.1) is 0 Å². The highest BCUT2D eigenvalue weighted by Gasteiger charge is 2.20. The quantitative estimate of drug-likeness (QED) is 0.917. The van der Waals surface area contributed by atoms with Crippen LogP contribution in [0.4, 0.5) is 17.7 Å². The van der Waals surface area contributed by atoms with E-state index in [-0.39, 0.29) is 0 Å². The standard InChI is InChI=1S/C18H25N7/c1-2-5-15(6-3-1)22-17-19-10-7-16(23-17)24-11-13-25(14-12-24)18-20-8-4-9-21-18/h4,7-10,15H,1-3,5-6,11-14H2,(H,19,22,23). The highest BCUT2D eigenvalue weighted by Crippen LogP contribution is 2.21. The highest BCUT2D eigenvalue weighted by molar-refractivity contribution is 5.45. The Bertz CT molecular complexity index is 664. The first-order valence-electron chi connectivity index (χ1n) is 9.25. The maximum atomic E-state index is 4.74. The number of nitrogens with one attached hydrogen (secondary N) is 1. The molecule has 132 valence electrons. The van der Waals surface area contributed by atoms with Crippen LogP contribution in [0.25, 0.3) is 0 Å². The Kier molecular flexibility index (Phi) is 4.90. The molecule has 0 atom stereocenters. The van der Waals surface area contributed by atoms with Gasteiger partial charge in [0.1, 0.15) is 5.82 Å². The Labute approximate surface area is 148 Å². The molecule has 0 aromatic carbocycles. The van der Waals surface area contributed by atoms with Gasteiger partial charge in [0.15, 0.2) is 0 Å². The molecule has 2 fully saturated rings. The van der Waals surface area contributed by atoms with E-state index in [1.165, 1.54) is 32.1 Å². The summed E-state index contributed by atoms with van der Waals surface area (Å²) in [7, 11) is 0. The van der Waals surface area contributed by atoms with Gasteiger partial charge < -0.3 is 15.1 Å². The maximum Gasteiger partial charge on any atom is 0.225 e. The van der Waals surface area contributed by atoms with Crippen LogP contribution in [0.15, 0.2) is 30.7 Å². The molecule has 0 bridgehead atoms. The smallest absolute Gasteiger partial charge is 0.225 e. The van der Waals surface area contributed by atoms with Crippen LogP contribution in [0.1, 0.15) is 32.1 Å². The second-order valence-electron chi connectivity index (χ2n) is 6.74. The van der Waals surface area contributed by atoms with Crippen molar-refractivity contribution in [1.29, 1.82) is 0 Å². The van der Waals surface area contributed by atoms with Gasteiger partial charge in [0.25, 0.3) is 0 Å². The molecule has 1 aliphatic heterocycles. The number of hydrogen-bond donors (Lipinski definition) is 1. The minimum absolute atomic E-state index is 0.524. The van der Waals surface area contributed by atoms with Crippen LogP contribution < -0.4 is 15.1 Å². The average Bonchev–Trinajstić information content (AvgIpc) is 2.70. The minimum Gasteiger partial charge on any atom is -0.353 e. The van der Waals surface area contributed by atoms with Crippen molar-refractivity contribution in [3.63, 3.8) is 0 Å². The molecule has 1 aliphatic carbocycles. The molecule has 1 saturated heterocycles. The van der Waals surface area contributed by atoms with E-state index in [9.17, 15) is 0 Å². The van der Waals surface area contributed by atoms with Crippen molar-refractivity contribution in [2.24, 2.45) is 0 Å². The van der Waals surface area contributed by atoms with E-state index < -0.39 is 0 Å². The SMILES string of the molecule is c1cnc(N2CCN(c3ccnc(NC4CCCCC4)n3)CC2)nc1. The number of anilines is 3. The monoisotopic (exact) mass is 339 g/mol. The summed E-state index contributed by atoms with van der Waals surface area (Å²) in [6.07, 6.45) is 11.9. The van der Waals surface area contributed by atoms with Crippen LogP contribution in [-0.2, 0) is 0 Å². The van der Waals surface area contributed by atoms with Gasteiger partial charge in [0.05, 0.1) is 0 Å². The predicted molar refractivity (Wildman–Crippen MR) is 99.0 cm³/mol. The molecule has 2 aromatic heterocycles. The summed E-state index contributed by atoms with van der Waals surface area (Å²) in [6, 6.07) is 4.37. The second-order valence-corrected chi connectivity index (χ2v) is 6.74. The van der Waals surface area contributed by atoms with Crippen LogP contribution >= 0.6 is 0 Å². The van der Waals surface area contributed by atoms with Crippen molar-refractivity contribution in [1.82, 2.24) is 19.9 Å². The van der Waals surface area contributed by atoms with Crippen molar-refractivity contribution in [3.05, 3.63) is 30.7 Å². The average molecular weight is 339 g/mol. The topological polar surface area (TPSA) is 70.1 Å². The molecule has 3 heterocycles. The summed E-state index contributed by atoms with van der Waals surface area (Å²) >= 11 is 0. The molecule has 2 aromatic rings. The molecule has 25 heavy (non-hydrogen) atoms. The van der Waals surface area contributed by atoms with Crippen LogP contribution in [0, 0.1) is 0 Å². The van der Waals surface area contributed by atoms with E-state index in [2.05, 4.69) is 30.1 Å². The third-order valence-corrected chi connectivity index (χ3v) is 5.02. The van der Waals surface area contributed by atoms with E-state index in [1.54, 1.807) is 12.4 Å². The molecule has 1 N–H and O–H groups in total. The van der Waals surface area contributed by atoms with Crippen molar-refractivity contribution in [2.45, 2.75) is 38.1 Å². The molecule has 0 unspecified atom stereocenters. The van der Waals surface area contributed by atoms with E-state index in [4.69, 9.17) is 4.98 Å². The molecule has 2 aliphatic rings. The molecule has 7 nitrogen and oxygen atoms in total. The summed E-state index contributed by atoms with van der Waals surface area (Å²) in [5.41, 5.74) is 0. The van der Waals surface area contributed by atoms with Crippen molar-refractivity contribution in [3.8, 4) is 0 Å². The first kappa shape index (κ1) is 16.1. The zero-order valence-electron chi connectivity index (χ0n) is 14.5. The molecule has 1 saturated carbocycles. The van der Waals surface area contributed by atoms with Crippen LogP contribution in [0.3, 0.4) is 0 Å². The Hall–Kier alpha value is -2.44. The lowest BCUT2D eigenvalue weighted by atomic mass is 9.96. The third kappa shape index (κ3) is 3.97. The number of nitrogens with zero attached hydrogens (tertiary/aromatic N) is 6. The van der Waals surface area contributed by atoms with Crippen LogP contribution in [0.2, 0.25) is 0 Å². The van der Waals surface area contributed by atoms with Crippen molar-refractivity contribution < 1.29 is 0 Å². The Morgan fingerprint density at radius 1 is 0.840 bits per heavy atom. The fourth-order valence-corrected chi connectivity index (χ4v) is 3.61. The molecule has 0 spiro atoms. The predicted octanol–water partition coefficient (Wildman–Crippen LogP) is 2.34. The lowest BCUT2D eigenvalue weighted by Gasteiger charge is -2.35. The summed E-state index contributed by atoms with van der Waals surface area (Å²) in [6.45, 7) is 3.63. The molecule has 0 amide bonds. The Morgan fingerprint density at radius 2 is 1.56 bits per heavy atom. The number of hydrogen-bond acceptors (Lipinski definition) is 7. The van der Waals surface area contributed by atoms with Gasteiger partial charge in [0.2, 0.25) is 11.9 Å². The van der Waals surface area contributed by atoms with E-state index in [1.807, 2.05) is 18.3 Å². The first-order valence-corrected chi connectivity index (χ1v) is 9.25. The first-order chi connectivity index (χ1) is 12.4. The molecular formula is C18H25N7. The molecular weight excluding hydrogens is 314 g/mol. The maximum absolute atomic E-state index is 4.74. The second kappa shape index (κ2) is 7.63. The van der Waals surface area contributed by atoms with E-state index in [0.29, 0.717) is 6.04 Å². The van der Waals surface area contributed by atoms with Gasteiger partial charge in [-0.2, -0.15) is 4.98 Å². The Balaban J connectivity index is 1.37. The molecule has 4 rings (SSSR count). The molecule has 0 radical (unpaired) electrons. The van der Waals surface area contributed by atoms with E-state index in [0.717, 1.165) is 43.9 Å². The van der Waals surface area contributed by atoms with Gasteiger partial charge >= 0.3 is 0 Å². The largest absolute Gasteiger partial charge is 0.353 e. The number of piperazine rings is 1. The van der Waals surface area contributed by atoms with Crippen molar-refractivity contribution >= 4 is 17.7 Å². The number of aromatic nitrogens is 4. The normalized spacial score (nSPS) is 19.0. The summed E-state index contributed by atoms with van der Waals surface area (Å²) in [4.78, 5) is 22.4. The lowest BCUT2D eigenvalue weighted by Crippen LogP contribution is -2.47.